The number of carbonyl (C=O) groups excluding carboxylic acids is 2. The molecule has 2 aromatic rings. The molecule has 2 unspecified atom stereocenters. The van der Waals surface area contributed by atoms with Crippen LogP contribution in [0.1, 0.15) is 26.7 Å². The van der Waals surface area contributed by atoms with Gasteiger partial charge in [0.2, 0.25) is 11.8 Å². The van der Waals surface area contributed by atoms with Crippen LogP contribution < -0.4 is 9.62 Å². The molecule has 0 radical (unpaired) electrons. The molecule has 1 N–H and O–H groups in total. The fourth-order valence-corrected chi connectivity index (χ4v) is 7.63. The van der Waals surface area contributed by atoms with E-state index in [9.17, 15) is 18.0 Å². The van der Waals surface area contributed by atoms with Gasteiger partial charge in [0.15, 0.2) is 0 Å². The molecule has 2 heterocycles. The summed E-state index contributed by atoms with van der Waals surface area (Å²) in [6.07, 6.45) is 1.15. The summed E-state index contributed by atoms with van der Waals surface area (Å²) >= 11 is 7.87. The third-order valence-corrected chi connectivity index (χ3v) is 9.74. The van der Waals surface area contributed by atoms with Crippen molar-refractivity contribution in [2.24, 2.45) is 0 Å². The summed E-state index contributed by atoms with van der Waals surface area (Å²) in [5.74, 6) is 0.140. The Hall–Kier alpha value is -2.23. The summed E-state index contributed by atoms with van der Waals surface area (Å²) in [7, 11) is -3.96. The first-order valence-corrected chi connectivity index (χ1v) is 13.1. The Morgan fingerprint density at radius 1 is 1.28 bits per heavy atom. The Balaban J connectivity index is 1.60. The van der Waals surface area contributed by atoms with E-state index in [-0.39, 0.29) is 33.1 Å². The third kappa shape index (κ3) is 3.97. The second-order valence-electron chi connectivity index (χ2n) is 7.91. The molecule has 0 aliphatic carbocycles. The van der Waals surface area contributed by atoms with Crippen molar-refractivity contribution in [1.82, 2.24) is 4.90 Å². The summed E-state index contributed by atoms with van der Waals surface area (Å²) in [6.45, 7) is 3.94. The van der Waals surface area contributed by atoms with E-state index in [1.54, 1.807) is 53.9 Å². The van der Waals surface area contributed by atoms with Gasteiger partial charge in [-0.2, -0.15) is 0 Å². The lowest BCUT2D eigenvalue weighted by Crippen LogP contribution is -2.48. The number of nitrogens with zero attached hydrogens (tertiary/aromatic N) is 2. The van der Waals surface area contributed by atoms with Gasteiger partial charge in [0.1, 0.15) is 10.9 Å². The molecule has 10 heteroatoms. The van der Waals surface area contributed by atoms with E-state index in [4.69, 9.17) is 11.6 Å². The van der Waals surface area contributed by atoms with Gasteiger partial charge < -0.3 is 10.2 Å². The lowest BCUT2D eigenvalue weighted by molar-refractivity contribution is -0.135. The van der Waals surface area contributed by atoms with Gasteiger partial charge in [0, 0.05) is 24.4 Å². The van der Waals surface area contributed by atoms with Gasteiger partial charge in [-0.05, 0) is 50.6 Å². The van der Waals surface area contributed by atoms with Gasteiger partial charge in [0.25, 0.3) is 10.0 Å². The molecular weight excluding hydrogens is 470 g/mol. The topological polar surface area (TPSA) is 86.8 Å². The molecular formula is C22H24ClN3O4S2. The van der Waals surface area contributed by atoms with E-state index in [0.29, 0.717) is 23.5 Å². The number of nitrogens with one attached hydrogen (secondary N) is 1. The quantitative estimate of drug-likeness (QED) is 0.658. The Labute approximate surface area is 197 Å². The van der Waals surface area contributed by atoms with Gasteiger partial charge in [-0.3, -0.25) is 13.9 Å². The lowest BCUT2D eigenvalue weighted by atomic mass is 10.2. The van der Waals surface area contributed by atoms with Crippen LogP contribution in [0, 0.1) is 0 Å². The molecule has 0 spiro atoms. The summed E-state index contributed by atoms with van der Waals surface area (Å²) in [5, 5.41) is 2.85. The van der Waals surface area contributed by atoms with E-state index in [2.05, 4.69) is 5.32 Å². The van der Waals surface area contributed by atoms with Crippen LogP contribution in [-0.4, -0.2) is 48.3 Å². The van der Waals surface area contributed by atoms with E-state index in [0.717, 1.165) is 6.42 Å². The standard InChI is InChI=1S/C22H24ClN3O4S2/c1-3-25(16-7-5-4-6-8-16)32(29,30)19-13-15(9-10-17(19)23)24-21(28)18-14-31-22(2)12-11-20(27)26(18)22/h4-10,13,18H,3,11-12,14H2,1-2H3,(H,24,28). The second-order valence-corrected chi connectivity index (χ2v) is 11.6. The van der Waals surface area contributed by atoms with Crippen LogP contribution in [0.15, 0.2) is 53.4 Å². The minimum absolute atomic E-state index is 0.0292. The largest absolute Gasteiger partial charge is 0.324 e. The zero-order chi connectivity index (χ0) is 23.1. The van der Waals surface area contributed by atoms with Gasteiger partial charge in [-0.1, -0.05) is 29.8 Å². The number of fused-ring (bicyclic) bond motifs is 1. The van der Waals surface area contributed by atoms with Crippen molar-refractivity contribution in [2.75, 3.05) is 21.9 Å². The molecule has 2 amide bonds. The van der Waals surface area contributed by atoms with Gasteiger partial charge in [0.05, 0.1) is 15.6 Å². The Kier molecular flexibility index (Phi) is 6.17. The zero-order valence-electron chi connectivity index (χ0n) is 17.7. The number of sulfonamides is 1. The lowest BCUT2D eigenvalue weighted by Gasteiger charge is -2.30. The Morgan fingerprint density at radius 3 is 2.69 bits per heavy atom. The average Bonchev–Trinajstić information content (AvgIpc) is 3.26. The number of anilines is 2. The first-order chi connectivity index (χ1) is 15.2. The molecule has 2 atom stereocenters. The third-order valence-electron chi connectivity index (χ3n) is 5.85. The molecule has 0 aromatic heterocycles. The molecule has 2 aliphatic rings. The van der Waals surface area contributed by atoms with Crippen molar-refractivity contribution in [3.05, 3.63) is 53.6 Å². The predicted molar refractivity (Wildman–Crippen MR) is 127 cm³/mol. The molecule has 2 fully saturated rings. The summed E-state index contributed by atoms with van der Waals surface area (Å²) in [5.41, 5.74) is 0.836. The monoisotopic (exact) mass is 493 g/mol. The number of hydrogen-bond donors (Lipinski definition) is 1. The van der Waals surface area contributed by atoms with Crippen molar-refractivity contribution < 1.29 is 18.0 Å². The van der Waals surface area contributed by atoms with Gasteiger partial charge in [-0.25, -0.2) is 8.42 Å². The molecule has 4 rings (SSSR count). The Bertz CT molecular complexity index is 1160. The van der Waals surface area contributed by atoms with Crippen LogP contribution in [0.2, 0.25) is 5.02 Å². The maximum atomic E-state index is 13.4. The van der Waals surface area contributed by atoms with Crippen LogP contribution >= 0.6 is 23.4 Å². The summed E-state index contributed by atoms with van der Waals surface area (Å²) in [4.78, 5) is 26.5. The maximum Gasteiger partial charge on any atom is 0.265 e. The van der Waals surface area contributed by atoms with Crippen LogP contribution in [-0.2, 0) is 19.6 Å². The van der Waals surface area contributed by atoms with Crippen LogP contribution in [0.4, 0.5) is 11.4 Å². The number of rotatable bonds is 6. The minimum atomic E-state index is -3.96. The number of carbonyl (C=O) groups is 2. The van der Waals surface area contributed by atoms with Crippen molar-refractivity contribution >= 4 is 56.6 Å². The van der Waals surface area contributed by atoms with Crippen LogP contribution in [0.3, 0.4) is 0 Å². The van der Waals surface area contributed by atoms with Gasteiger partial charge in [-0.15, -0.1) is 11.8 Å². The highest BCUT2D eigenvalue weighted by atomic mass is 35.5. The zero-order valence-corrected chi connectivity index (χ0v) is 20.1. The summed E-state index contributed by atoms with van der Waals surface area (Å²) in [6, 6.07) is 12.6. The number of thioether (sulfide) groups is 1. The number of benzene rings is 2. The molecule has 170 valence electrons. The van der Waals surface area contributed by atoms with Crippen molar-refractivity contribution in [3.63, 3.8) is 0 Å². The first kappa shape index (κ1) is 22.9. The maximum absolute atomic E-state index is 13.4. The van der Waals surface area contributed by atoms with Crippen LogP contribution in [0.25, 0.3) is 0 Å². The normalized spacial score (nSPS) is 22.7. The molecule has 2 aromatic carbocycles. The van der Waals surface area contributed by atoms with Crippen LogP contribution in [0.5, 0.6) is 0 Å². The highest BCUT2D eigenvalue weighted by Gasteiger charge is 2.52. The van der Waals surface area contributed by atoms with Crippen molar-refractivity contribution in [2.45, 2.75) is 42.5 Å². The molecule has 2 aliphatic heterocycles. The fraction of sp³-hybridized carbons (Fsp3) is 0.364. The molecule has 2 saturated heterocycles. The second kappa shape index (κ2) is 8.61. The fourth-order valence-electron chi connectivity index (χ4n) is 4.22. The van der Waals surface area contributed by atoms with Gasteiger partial charge >= 0.3 is 0 Å². The molecule has 7 nitrogen and oxygen atoms in total. The molecule has 32 heavy (non-hydrogen) atoms. The number of amides is 2. The smallest absolute Gasteiger partial charge is 0.265 e. The Morgan fingerprint density at radius 2 is 2.00 bits per heavy atom. The average molecular weight is 494 g/mol. The number of para-hydroxylation sites is 1. The molecule has 0 bridgehead atoms. The predicted octanol–water partition coefficient (Wildman–Crippen LogP) is 3.95. The minimum Gasteiger partial charge on any atom is -0.324 e. The summed E-state index contributed by atoms with van der Waals surface area (Å²) < 4.78 is 28.0. The SMILES string of the molecule is CCN(c1ccccc1)S(=O)(=O)c1cc(NC(=O)C2CSC3(C)CCC(=O)N23)ccc1Cl. The van der Waals surface area contributed by atoms with E-state index < -0.39 is 16.1 Å². The number of halogens is 1. The van der Waals surface area contributed by atoms with E-state index >= 15 is 0 Å². The van der Waals surface area contributed by atoms with Crippen molar-refractivity contribution in [3.8, 4) is 0 Å². The van der Waals surface area contributed by atoms with Crippen molar-refractivity contribution in [1.29, 1.82) is 0 Å². The van der Waals surface area contributed by atoms with E-state index in [1.165, 1.54) is 16.4 Å². The molecule has 0 saturated carbocycles. The highest BCUT2D eigenvalue weighted by molar-refractivity contribution is 8.01. The highest BCUT2D eigenvalue weighted by Crippen LogP contribution is 2.47. The first-order valence-electron chi connectivity index (χ1n) is 10.3. The van der Waals surface area contributed by atoms with E-state index in [1.807, 2.05) is 13.0 Å². The number of hydrogen-bond acceptors (Lipinski definition) is 5.